The number of fused-ring (bicyclic) bond motifs is 1. The van der Waals surface area contributed by atoms with E-state index in [0.29, 0.717) is 6.61 Å². The van der Waals surface area contributed by atoms with Crippen LogP contribution in [0, 0.1) is 0 Å². The van der Waals surface area contributed by atoms with Crippen molar-refractivity contribution in [2.45, 2.75) is 17.5 Å². The Morgan fingerprint density at radius 3 is 2.50 bits per heavy atom. The van der Waals surface area contributed by atoms with Crippen molar-refractivity contribution in [3.8, 4) is 5.75 Å². The first-order valence-electron chi connectivity index (χ1n) is 8.46. The highest BCUT2D eigenvalue weighted by molar-refractivity contribution is 7.98. The molecule has 0 aliphatic heterocycles. The van der Waals surface area contributed by atoms with Crippen LogP contribution in [0.5, 0.6) is 5.75 Å². The fraction of sp³-hybridized carbons (Fsp3) is 0.143. The molecule has 0 amide bonds. The minimum Gasteiger partial charge on any atom is -0.486 e. The summed E-state index contributed by atoms with van der Waals surface area (Å²) in [5.41, 5.74) is 1.27. The molecule has 0 unspecified atom stereocenters. The van der Waals surface area contributed by atoms with Gasteiger partial charge in [-0.3, -0.25) is 0 Å². The maximum atomic E-state index is 5.92. The molecular formula is C21H19N3OS. The Balaban J connectivity index is 1.41. The van der Waals surface area contributed by atoms with Crippen LogP contribution in [0.3, 0.4) is 0 Å². The second-order valence-electron chi connectivity index (χ2n) is 6.03. The van der Waals surface area contributed by atoms with Gasteiger partial charge in [-0.25, -0.2) is 0 Å². The van der Waals surface area contributed by atoms with Crippen LogP contribution in [0.15, 0.2) is 78.0 Å². The number of hydrogen-bond donors (Lipinski definition) is 0. The number of aromatic nitrogens is 3. The molecule has 1 aromatic heterocycles. The summed E-state index contributed by atoms with van der Waals surface area (Å²) in [5, 5.41) is 11.8. The SMILES string of the molecule is Cn1c(COc2ccc3ccccc3c2)nnc1SCc1ccccc1. The largest absolute Gasteiger partial charge is 0.486 e. The molecule has 4 rings (SSSR count). The normalized spacial score (nSPS) is 11.0. The lowest BCUT2D eigenvalue weighted by Crippen LogP contribution is -2.04. The van der Waals surface area contributed by atoms with Crippen molar-refractivity contribution in [2.75, 3.05) is 0 Å². The Kier molecular flexibility index (Phi) is 4.88. The van der Waals surface area contributed by atoms with Crippen molar-refractivity contribution in [1.82, 2.24) is 14.8 Å². The summed E-state index contributed by atoms with van der Waals surface area (Å²) < 4.78 is 7.92. The molecule has 3 aromatic carbocycles. The molecule has 5 heteroatoms. The number of ether oxygens (including phenoxy) is 1. The van der Waals surface area contributed by atoms with Crippen LogP contribution in [0.4, 0.5) is 0 Å². The predicted molar refractivity (Wildman–Crippen MR) is 105 cm³/mol. The summed E-state index contributed by atoms with van der Waals surface area (Å²) in [6.07, 6.45) is 0. The Hall–Kier alpha value is -2.79. The number of hydrogen-bond acceptors (Lipinski definition) is 4. The van der Waals surface area contributed by atoms with E-state index in [1.54, 1.807) is 11.8 Å². The monoisotopic (exact) mass is 361 g/mol. The van der Waals surface area contributed by atoms with Gasteiger partial charge in [0.05, 0.1) is 0 Å². The van der Waals surface area contributed by atoms with E-state index >= 15 is 0 Å². The van der Waals surface area contributed by atoms with Gasteiger partial charge in [0.2, 0.25) is 0 Å². The maximum absolute atomic E-state index is 5.92. The molecule has 0 spiro atoms. The molecule has 1 heterocycles. The van der Waals surface area contributed by atoms with E-state index in [-0.39, 0.29) is 0 Å². The molecule has 4 nitrogen and oxygen atoms in total. The molecule has 0 saturated carbocycles. The van der Waals surface area contributed by atoms with Gasteiger partial charge in [0.1, 0.15) is 12.4 Å². The molecule has 0 fully saturated rings. The van der Waals surface area contributed by atoms with Crippen LogP contribution in [0.2, 0.25) is 0 Å². The highest BCUT2D eigenvalue weighted by Crippen LogP contribution is 2.23. The van der Waals surface area contributed by atoms with Crippen molar-refractivity contribution >= 4 is 22.5 Å². The van der Waals surface area contributed by atoms with E-state index < -0.39 is 0 Å². The molecule has 26 heavy (non-hydrogen) atoms. The number of nitrogens with zero attached hydrogens (tertiary/aromatic N) is 3. The zero-order chi connectivity index (χ0) is 17.8. The Labute approximate surface area is 156 Å². The van der Waals surface area contributed by atoms with Crippen molar-refractivity contribution in [3.63, 3.8) is 0 Å². The van der Waals surface area contributed by atoms with E-state index in [1.807, 2.05) is 35.9 Å². The van der Waals surface area contributed by atoms with Gasteiger partial charge in [0.25, 0.3) is 0 Å². The molecular weight excluding hydrogens is 342 g/mol. The first-order chi connectivity index (χ1) is 12.8. The fourth-order valence-corrected chi connectivity index (χ4v) is 3.61. The lowest BCUT2D eigenvalue weighted by atomic mass is 10.1. The lowest BCUT2D eigenvalue weighted by molar-refractivity contribution is 0.291. The van der Waals surface area contributed by atoms with Gasteiger partial charge in [-0.1, -0.05) is 72.4 Å². The molecule has 0 N–H and O–H groups in total. The molecule has 0 aliphatic carbocycles. The second kappa shape index (κ2) is 7.62. The third kappa shape index (κ3) is 3.73. The summed E-state index contributed by atoms with van der Waals surface area (Å²) in [4.78, 5) is 0. The molecule has 0 radical (unpaired) electrons. The fourth-order valence-electron chi connectivity index (χ4n) is 2.72. The van der Waals surface area contributed by atoms with E-state index in [0.717, 1.165) is 22.5 Å². The highest BCUT2D eigenvalue weighted by atomic mass is 32.2. The van der Waals surface area contributed by atoms with Crippen LogP contribution in [0.1, 0.15) is 11.4 Å². The Morgan fingerprint density at radius 2 is 1.65 bits per heavy atom. The van der Waals surface area contributed by atoms with Gasteiger partial charge in [-0.05, 0) is 28.5 Å². The number of rotatable bonds is 6. The summed E-state index contributed by atoms with van der Waals surface area (Å²) in [5.74, 6) is 2.53. The van der Waals surface area contributed by atoms with Gasteiger partial charge < -0.3 is 9.30 Å². The average molecular weight is 361 g/mol. The zero-order valence-electron chi connectivity index (χ0n) is 14.5. The molecule has 4 aromatic rings. The number of benzene rings is 3. The third-order valence-corrected chi connectivity index (χ3v) is 5.32. The van der Waals surface area contributed by atoms with Gasteiger partial charge in [0.15, 0.2) is 11.0 Å². The second-order valence-corrected chi connectivity index (χ2v) is 6.97. The first kappa shape index (κ1) is 16.7. The maximum Gasteiger partial charge on any atom is 0.191 e. The molecule has 0 atom stereocenters. The highest BCUT2D eigenvalue weighted by Gasteiger charge is 2.10. The van der Waals surface area contributed by atoms with Crippen LogP contribution in [-0.4, -0.2) is 14.8 Å². The third-order valence-electron chi connectivity index (χ3n) is 4.22. The van der Waals surface area contributed by atoms with E-state index in [2.05, 4.69) is 58.7 Å². The average Bonchev–Trinajstić information content (AvgIpc) is 3.05. The van der Waals surface area contributed by atoms with Crippen molar-refractivity contribution in [2.24, 2.45) is 7.05 Å². The Morgan fingerprint density at radius 1 is 0.885 bits per heavy atom. The molecule has 0 bridgehead atoms. The van der Waals surface area contributed by atoms with Crippen LogP contribution in [-0.2, 0) is 19.4 Å². The topological polar surface area (TPSA) is 39.9 Å². The smallest absolute Gasteiger partial charge is 0.191 e. The van der Waals surface area contributed by atoms with Gasteiger partial charge in [-0.2, -0.15) is 0 Å². The summed E-state index contributed by atoms with van der Waals surface area (Å²) in [6.45, 7) is 0.397. The molecule has 130 valence electrons. The van der Waals surface area contributed by atoms with Crippen molar-refractivity contribution < 1.29 is 4.74 Å². The lowest BCUT2D eigenvalue weighted by Gasteiger charge is -2.08. The number of thioether (sulfide) groups is 1. The first-order valence-corrected chi connectivity index (χ1v) is 9.45. The molecule has 0 aliphatic rings. The summed E-state index contributed by atoms with van der Waals surface area (Å²) >= 11 is 1.68. The molecule has 0 saturated heterocycles. The van der Waals surface area contributed by atoms with Gasteiger partial charge in [0, 0.05) is 12.8 Å². The van der Waals surface area contributed by atoms with Crippen LogP contribution < -0.4 is 4.74 Å². The minimum atomic E-state index is 0.397. The quantitative estimate of drug-likeness (QED) is 0.461. The van der Waals surface area contributed by atoms with Crippen molar-refractivity contribution in [1.29, 1.82) is 0 Å². The standard InChI is InChI=1S/C21H19N3OS/c1-24-20(22-23-21(24)26-15-16-7-3-2-4-8-16)14-25-19-12-11-17-9-5-6-10-18(17)13-19/h2-13H,14-15H2,1H3. The zero-order valence-corrected chi connectivity index (χ0v) is 15.3. The summed E-state index contributed by atoms with van der Waals surface area (Å²) in [6, 6.07) is 24.7. The Bertz CT molecular complexity index is 1010. The van der Waals surface area contributed by atoms with Gasteiger partial charge in [-0.15, -0.1) is 10.2 Å². The van der Waals surface area contributed by atoms with Crippen LogP contribution >= 0.6 is 11.8 Å². The van der Waals surface area contributed by atoms with Crippen LogP contribution in [0.25, 0.3) is 10.8 Å². The van der Waals surface area contributed by atoms with E-state index in [4.69, 9.17) is 4.74 Å². The minimum absolute atomic E-state index is 0.397. The predicted octanol–water partition coefficient (Wildman–Crippen LogP) is 4.84. The van der Waals surface area contributed by atoms with Gasteiger partial charge >= 0.3 is 0 Å². The van der Waals surface area contributed by atoms with Crippen molar-refractivity contribution in [3.05, 3.63) is 84.2 Å². The summed E-state index contributed by atoms with van der Waals surface area (Å²) in [7, 11) is 1.98. The van der Waals surface area contributed by atoms with E-state index in [9.17, 15) is 0 Å². The van der Waals surface area contributed by atoms with E-state index in [1.165, 1.54) is 16.3 Å².